The molecule has 0 aromatic heterocycles. The molecule has 0 bridgehead atoms. The number of anilines is 1. The van der Waals surface area contributed by atoms with Crippen LogP contribution in [0.3, 0.4) is 0 Å². The number of likely N-dealkylation sites (N-methyl/N-ethyl adjacent to an activating group) is 1. The van der Waals surface area contributed by atoms with Crippen molar-refractivity contribution < 1.29 is 4.74 Å². The van der Waals surface area contributed by atoms with E-state index in [1.807, 2.05) is 0 Å². The molecule has 1 aliphatic heterocycles. The van der Waals surface area contributed by atoms with Crippen LogP contribution in [0.4, 0.5) is 5.69 Å². The van der Waals surface area contributed by atoms with Gasteiger partial charge in [-0.05, 0) is 24.3 Å². The van der Waals surface area contributed by atoms with E-state index in [9.17, 15) is 0 Å². The van der Waals surface area contributed by atoms with E-state index in [4.69, 9.17) is 4.74 Å². The minimum atomic E-state index is 0.433. The van der Waals surface area contributed by atoms with Crippen molar-refractivity contribution in [2.24, 2.45) is 0 Å². The first-order valence-corrected chi connectivity index (χ1v) is 6.33. The standard InChI is InChI=1S/C12H17BrN2O/c1-15(8-11-9-16-7-6-14-11)12-4-2-10(13)3-5-12/h2-5,11,14H,6-9H2,1H3. The number of ether oxygens (including phenoxy) is 1. The molecule has 1 atom stereocenters. The summed E-state index contributed by atoms with van der Waals surface area (Å²) in [5.41, 5.74) is 1.23. The Morgan fingerprint density at radius 3 is 2.81 bits per heavy atom. The second-order valence-corrected chi connectivity index (χ2v) is 5.00. The van der Waals surface area contributed by atoms with E-state index in [1.165, 1.54) is 5.69 Å². The van der Waals surface area contributed by atoms with Crippen LogP contribution in [0.15, 0.2) is 28.7 Å². The molecule has 0 amide bonds. The smallest absolute Gasteiger partial charge is 0.0637 e. The fraction of sp³-hybridized carbons (Fsp3) is 0.500. The van der Waals surface area contributed by atoms with Gasteiger partial charge in [0.1, 0.15) is 0 Å². The Labute approximate surface area is 105 Å². The van der Waals surface area contributed by atoms with Gasteiger partial charge in [0.15, 0.2) is 0 Å². The molecule has 0 saturated carbocycles. The normalized spacial score (nSPS) is 20.8. The van der Waals surface area contributed by atoms with E-state index in [0.29, 0.717) is 6.04 Å². The summed E-state index contributed by atoms with van der Waals surface area (Å²) in [5, 5.41) is 3.46. The summed E-state index contributed by atoms with van der Waals surface area (Å²) in [4.78, 5) is 2.25. The maximum absolute atomic E-state index is 5.44. The van der Waals surface area contributed by atoms with Crippen molar-refractivity contribution in [1.82, 2.24) is 5.32 Å². The zero-order valence-electron chi connectivity index (χ0n) is 9.45. The first kappa shape index (κ1) is 11.9. The van der Waals surface area contributed by atoms with Gasteiger partial charge in [-0.1, -0.05) is 15.9 Å². The van der Waals surface area contributed by atoms with Gasteiger partial charge in [-0.2, -0.15) is 0 Å². The largest absolute Gasteiger partial charge is 0.378 e. The minimum absolute atomic E-state index is 0.433. The molecular weight excluding hydrogens is 268 g/mol. The van der Waals surface area contributed by atoms with E-state index in [1.54, 1.807) is 0 Å². The van der Waals surface area contributed by atoms with Gasteiger partial charge in [0.2, 0.25) is 0 Å². The molecule has 1 aliphatic rings. The van der Waals surface area contributed by atoms with Crippen molar-refractivity contribution in [2.75, 3.05) is 38.3 Å². The quantitative estimate of drug-likeness (QED) is 0.917. The lowest BCUT2D eigenvalue weighted by molar-refractivity contribution is 0.0791. The van der Waals surface area contributed by atoms with Crippen molar-refractivity contribution in [2.45, 2.75) is 6.04 Å². The van der Waals surface area contributed by atoms with Crippen LogP contribution < -0.4 is 10.2 Å². The molecule has 1 heterocycles. The summed E-state index contributed by atoms with van der Waals surface area (Å²) in [5.74, 6) is 0. The zero-order chi connectivity index (χ0) is 11.4. The van der Waals surface area contributed by atoms with Gasteiger partial charge in [-0.25, -0.2) is 0 Å². The van der Waals surface area contributed by atoms with E-state index < -0.39 is 0 Å². The summed E-state index contributed by atoms with van der Waals surface area (Å²) in [6.45, 7) is 3.57. The third kappa shape index (κ3) is 3.20. The van der Waals surface area contributed by atoms with Gasteiger partial charge in [0, 0.05) is 36.3 Å². The highest BCUT2D eigenvalue weighted by Gasteiger charge is 2.15. The average molecular weight is 285 g/mol. The fourth-order valence-corrected chi connectivity index (χ4v) is 2.13. The van der Waals surface area contributed by atoms with Crippen LogP contribution in [0.2, 0.25) is 0 Å². The second kappa shape index (κ2) is 5.66. The first-order valence-electron chi connectivity index (χ1n) is 5.53. The summed E-state index contributed by atoms with van der Waals surface area (Å²) in [6.07, 6.45) is 0. The molecule has 1 aromatic rings. The number of rotatable bonds is 3. The topological polar surface area (TPSA) is 24.5 Å². The van der Waals surface area contributed by atoms with Crippen LogP contribution in [0.1, 0.15) is 0 Å². The molecule has 0 spiro atoms. The molecule has 1 saturated heterocycles. The number of benzene rings is 1. The van der Waals surface area contributed by atoms with Crippen LogP contribution in [0, 0.1) is 0 Å². The van der Waals surface area contributed by atoms with Gasteiger partial charge in [-0.3, -0.25) is 0 Å². The molecule has 16 heavy (non-hydrogen) atoms. The van der Waals surface area contributed by atoms with Crippen LogP contribution in [-0.2, 0) is 4.74 Å². The van der Waals surface area contributed by atoms with Crippen molar-refractivity contribution >= 4 is 21.6 Å². The lowest BCUT2D eigenvalue weighted by atomic mass is 10.2. The molecule has 4 heteroatoms. The van der Waals surface area contributed by atoms with Gasteiger partial charge in [0.25, 0.3) is 0 Å². The van der Waals surface area contributed by atoms with Crippen molar-refractivity contribution in [3.63, 3.8) is 0 Å². The molecule has 1 aromatic carbocycles. The lowest BCUT2D eigenvalue weighted by Gasteiger charge is -2.29. The van der Waals surface area contributed by atoms with Crippen LogP contribution in [-0.4, -0.2) is 39.4 Å². The predicted molar refractivity (Wildman–Crippen MR) is 70.0 cm³/mol. The summed E-state index contributed by atoms with van der Waals surface area (Å²) in [6, 6.07) is 8.80. The van der Waals surface area contributed by atoms with Crippen LogP contribution in [0.25, 0.3) is 0 Å². The van der Waals surface area contributed by atoms with Gasteiger partial charge < -0.3 is 15.0 Å². The third-order valence-corrected chi connectivity index (χ3v) is 3.29. The number of hydrogen-bond donors (Lipinski definition) is 1. The van der Waals surface area contributed by atoms with E-state index in [0.717, 1.165) is 30.8 Å². The monoisotopic (exact) mass is 284 g/mol. The molecule has 1 unspecified atom stereocenters. The van der Waals surface area contributed by atoms with Crippen molar-refractivity contribution in [3.8, 4) is 0 Å². The SMILES string of the molecule is CN(CC1COCCN1)c1ccc(Br)cc1. The first-order chi connectivity index (χ1) is 7.75. The Balaban J connectivity index is 1.91. The second-order valence-electron chi connectivity index (χ2n) is 4.08. The highest BCUT2D eigenvalue weighted by Crippen LogP contribution is 2.17. The number of hydrogen-bond acceptors (Lipinski definition) is 3. The zero-order valence-corrected chi connectivity index (χ0v) is 11.0. The summed E-state index contributed by atoms with van der Waals surface area (Å²) < 4.78 is 6.56. The van der Waals surface area contributed by atoms with Crippen molar-refractivity contribution in [1.29, 1.82) is 0 Å². The number of nitrogens with one attached hydrogen (secondary N) is 1. The number of halogens is 1. The van der Waals surface area contributed by atoms with E-state index >= 15 is 0 Å². The van der Waals surface area contributed by atoms with Gasteiger partial charge in [-0.15, -0.1) is 0 Å². The Morgan fingerprint density at radius 1 is 1.44 bits per heavy atom. The lowest BCUT2D eigenvalue weighted by Crippen LogP contribution is -2.47. The van der Waals surface area contributed by atoms with Crippen molar-refractivity contribution in [3.05, 3.63) is 28.7 Å². The molecule has 0 aliphatic carbocycles. The highest BCUT2D eigenvalue weighted by atomic mass is 79.9. The molecule has 0 radical (unpaired) electrons. The molecule has 1 fully saturated rings. The highest BCUT2D eigenvalue weighted by molar-refractivity contribution is 9.10. The Kier molecular flexibility index (Phi) is 4.21. The molecule has 2 rings (SSSR count). The van der Waals surface area contributed by atoms with E-state index in [2.05, 4.69) is 57.5 Å². The number of morpholine rings is 1. The Hall–Kier alpha value is -0.580. The molecule has 1 N–H and O–H groups in total. The van der Waals surface area contributed by atoms with Gasteiger partial charge >= 0.3 is 0 Å². The Bertz CT molecular complexity index is 322. The van der Waals surface area contributed by atoms with Gasteiger partial charge in [0.05, 0.1) is 13.2 Å². The minimum Gasteiger partial charge on any atom is -0.378 e. The molecule has 3 nitrogen and oxygen atoms in total. The maximum Gasteiger partial charge on any atom is 0.0637 e. The predicted octanol–water partition coefficient (Wildman–Crippen LogP) is 1.87. The third-order valence-electron chi connectivity index (χ3n) is 2.76. The summed E-state index contributed by atoms with van der Waals surface area (Å²) in [7, 11) is 2.11. The fourth-order valence-electron chi connectivity index (χ4n) is 1.87. The number of nitrogens with zero attached hydrogens (tertiary/aromatic N) is 1. The van der Waals surface area contributed by atoms with E-state index in [-0.39, 0.29) is 0 Å². The molecule has 88 valence electrons. The molecular formula is C12H17BrN2O. The average Bonchev–Trinajstić information content (AvgIpc) is 2.31. The Morgan fingerprint density at radius 2 is 2.19 bits per heavy atom. The summed E-state index contributed by atoms with van der Waals surface area (Å²) >= 11 is 3.44. The maximum atomic E-state index is 5.44. The van der Waals surface area contributed by atoms with Crippen LogP contribution >= 0.6 is 15.9 Å². The van der Waals surface area contributed by atoms with Crippen LogP contribution in [0.5, 0.6) is 0 Å².